The third kappa shape index (κ3) is 7.92. The molecule has 0 heterocycles. The zero-order valence-electron chi connectivity index (χ0n) is 4.99. The van der Waals surface area contributed by atoms with Crippen LogP contribution in [-0.2, 0) is 4.74 Å². The van der Waals surface area contributed by atoms with Crippen LogP contribution in [0.25, 0.3) is 0 Å². The van der Waals surface area contributed by atoms with Gasteiger partial charge in [0.05, 0.1) is 0 Å². The normalized spacial score (nSPS) is 12.8. The third-order valence-electron chi connectivity index (χ3n) is 0.398. The number of halogens is 6. The molecule has 0 aromatic rings. The molecule has 0 N–H and O–H groups in total. The number of hydrogen-bond donors (Lipinski definition) is 0. The maximum Gasteiger partial charge on any atom is 0.574 e. The Balaban J connectivity index is 3.92. The Morgan fingerprint density at radius 3 is 1.75 bits per heavy atom. The van der Waals surface area contributed by atoms with Crippen LogP contribution in [0, 0.1) is 0 Å². The SMILES string of the molecule is FC(F)(F)OC(=S)SC(F)(F)F. The van der Waals surface area contributed by atoms with E-state index in [4.69, 9.17) is 0 Å². The summed E-state index contributed by atoms with van der Waals surface area (Å²) in [5.41, 5.74) is -4.86. The summed E-state index contributed by atoms with van der Waals surface area (Å²) in [6.45, 7) is 0. The number of alkyl halides is 6. The van der Waals surface area contributed by atoms with Crippen LogP contribution in [0.1, 0.15) is 0 Å². The fourth-order valence-corrected chi connectivity index (χ4v) is 0.913. The van der Waals surface area contributed by atoms with Crippen molar-refractivity contribution in [1.29, 1.82) is 0 Å². The molecule has 0 radical (unpaired) electrons. The molecule has 0 unspecified atom stereocenters. The van der Waals surface area contributed by atoms with E-state index in [-0.39, 0.29) is 0 Å². The maximum atomic E-state index is 11.3. The van der Waals surface area contributed by atoms with Crippen molar-refractivity contribution in [3.63, 3.8) is 0 Å². The van der Waals surface area contributed by atoms with Crippen LogP contribution in [0.4, 0.5) is 26.3 Å². The van der Waals surface area contributed by atoms with Crippen LogP contribution in [0.2, 0.25) is 0 Å². The van der Waals surface area contributed by atoms with E-state index in [0.29, 0.717) is 0 Å². The first-order chi connectivity index (χ1) is 5.10. The lowest BCUT2D eigenvalue weighted by atomic mass is 11.3. The Labute approximate surface area is 72.1 Å². The van der Waals surface area contributed by atoms with E-state index in [1.54, 1.807) is 0 Å². The van der Waals surface area contributed by atoms with Gasteiger partial charge in [-0.15, -0.1) is 13.2 Å². The van der Waals surface area contributed by atoms with Crippen molar-refractivity contribution in [1.82, 2.24) is 0 Å². The highest BCUT2D eigenvalue weighted by molar-refractivity contribution is 8.23. The van der Waals surface area contributed by atoms with Crippen molar-refractivity contribution in [3.05, 3.63) is 0 Å². The first-order valence-corrected chi connectivity index (χ1v) is 3.38. The molecule has 0 saturated heterocycles. The molecule has 0 fully saturated rings. The van der Waals surface area contributed by atoms with Gasteiger partial charge in [-0.25, -0.2) is 0 Å². The van der Waals surface area contributed by atoms with E-state index in [1.807, 2.05) is 0 Å². The quantitative estimate of drug-likeness (QED) is 0.467. The number of thioether (sulfide) groups is 1. The summed E-state index contributed by atoms with van der Waals surface area (Å²) in [5.74, 6) is 0. The third-order valence-corrected chi connectivity index (χ3v) is 1.21. The van der Waals surface area contributed by atoms with Gasteiger partial charge in [-0.3, -0.25) is 0 Å². The zero-order valence-corrected chi connectivity index (χ0v) is 6.63. The minimum absolute atomic E-state index is 1.13. The van der Waals surface area contributed by atoms with Gasteiger partial charge in [-0.05, 0) is 12.2 Å². The predicted molar refractivity (Wildman–Crippen MR) is 33.4 cm³/mol. The standard InChI is InChI=1S/C3F6OS2/c4-2(5,6)10-1(11)12-3(7,8)9. The van der Waals surface area contributed by atoms with Gasteiger partial charge in [0.15, 0.2) is 0 Å². The summed E-state index contributed by atoms with van der Waals surface area (Å²) in [6, 6.07) is 0. The molecule has 0 aliphatic heterocycles. The Kier molecular flexibility index (Phi) is 3.63. The van der Waals surface area contributed by atoms with Crippen LogP contribution < -0.4 is 0 Å². The second-order valence-electron chi connectivity index (χ2n) is 1.35. The van der Waals surface area contributed by atoms with Crippen LogP contribution in [0.15, 0.2) is 0 Å². The molecule has 0 spiro atoms. The Bertz CT molecular complexity index is 153. The molecule has 0 aliphatic rings. The van der Waals surface area contributed by atoms with Gasteiger partial charge < -0.3 is 4.74 Å². The Morgan fingerprint density at radius 1 is 1.08 bits per heavy atom. The summed E-state index contributed by atoms with van der Waals surface area (Å²) in [5, 5.41) is 0. The highest BCUT2D eigenvalue weighted by Crippen LogP contribution is 2.33. The molecule has 0 rings (SSSR count). The zero-order chi connectivity index (χ0) is 9.99. The van der Waals surface area contributed by atoms with Gasteiger partial charge in [-0.1, -0.05) is 0 Å². The fourth-order valence-electron chi connectivity index (χ4n) is 0.210. The summed E-state index contributed by atoms with van der Waals surface area (Å²) in [6.07, 6.45) is -5.17. The predicted octanol–water partition coefficient (Wildman–Crippen LogP) is 3.06. The summed E-state index contributed by atoms with van der Waals surface area (Å²) in [7, 11) is 0. The van der Waals surface area contributed by atoms with E-state index >= 15 is 0 Å². The lowest BCUT2D eigenvalue weighted by molar-refractivity contribution is -0.280. The molecule has 0 aromatic heterocycles. The van der Waals surface area contributed by atoms with Gasteiger partial charge in [0.25, 0.3) is 0 Å². The summed E-state index contributed by atoms with van der Waals surface area (Å²) < 4.78 is 68.7. The summed E-state index contributed by atoms with van der Waals surface area (Å²) >= 11 is 2.52. The number of rotatable bonds is 0. The van der Waals surface area contributed by atoms with Crippen molar-refractivity contribution in [2.45, 2.75) is 11.9 Å². The van der Waals surface area contributed by atoms with Gasteiger partial charge in [0, 0.05) is 11.8 Å². The number of ether oxygens (including phenoxy) is 1. The van der Waals surface area contributed by atoms with Crippen LogP contribution >= 0.6 is 24.0 Å². The lowest BCUT2D eigenvalue weighted by Gasteiger charge is -2.09. The van der Waals surface area contributed by atoms with E-state index in [1.165, 1.54) is 0 Å². The molecule has 12 heavy (non-hydrogen) atoms. The van der Waals surface area contributed by atoms with Gasteiger partial charge in [0.1, 0.15) is 0 Å². The first kappa shape index (κ1) is 11.8. The molecule has 0 bridgehead atoms. The van der Waals surface area contributed by atoms with Gasteiger partial charge in [-0.2, -0.15) is 13.2 Å². The van der Waals surface area contributed by atoms with Crippen molar-refractivity contribution in [2.24, 2.45) is 0 Å². The minimum atomic E-state index is -5.17. The van der Waals surface area contributed by atoms with Crippen molar-refractivity contribution >= 4 is 28.4 Å². The second-order valence-corrected chi connectivity index (χ2v) is 3.01. The largest absolute Gasteiger partial charge is 0.574 e. The molecule has 0 aromatic carbocycles. The van der Waals surface area contributed by atoms with Crippen LogP contribution in [0.3, 0.4) is 0 Å². The molecule has 0 amide bonds. The van der Waals surface area contributed by atoms with Crippen molar-refractivity contribution in [2.75, 3.05) is 0 Å². The highest BCUT2D eigenvalue weighted by Gasteiger charge is 2.38. The number of thiocarbonyl (C=S) groups is 1. The fraction of sp³-hybridized carbons (Fsp3) is 0.667. The Morgan fingerprint density at radius 2 is 1.50 bits per heavy atom. The van der Waals surface area contributed by atoms with E-state index in [9.17, 15) is 26.3 Å². The molecular formula is C3F6OS2. The van der Waals surface area contributed by atoms with Crippen LogP contribution in [-0.4, -0.2) is 16.3 Å². The monoisotopic (exact) mass is 230 g/mol. The molecule has 1 nitrogen and oxygen atoms in total. The topological polar surface area (TPSA) is 9.23 Å². The molecule has 9 heteroatoms. The lowest BCUT2D eigenvalue weighted by Crippen LogP contribution is -2.18. The van der Waals surface area contributed by atoms with Crippen molar-refractivity contribution in [3.8, 4) is 0 Å². The molecule has 72 valence electrons. The molecule has 0 saturated carbocycles. The highest BCUT2D eigenvalue weighted by atomic mass is 32.2. The second kappa shape index (κ2) is 3.69. The number of hydrogen-bond acceptors (Lipinski definition) is 3. The van der Waals surface area contributed by atoms with Gasteiger partial charge in [0.2, 0.25) is 4.38 Å². The Hall–Kier alpha value is -0.180. The van der Waals surface area contributed by atoms with E-state index in [0.717, 1.165) is 0 Å². The molecular weight excluding hydrogens is 230 g/mol. The van der Waals surface area contributed by atoms with Crippen LogP contribution in [0.5, 0.6) is 0 Å². The smallest absolute Gasteiger partial charge is 0.388 e. The molecule has 0 aliphatic carbocycles. The molecule has 0 atom stereocenters. The van der Waals surface area contributed by atoms with E-state index < -0.39 is 28.0 Å². The maximum absolute atomic E-state index is 11.3. The van der Waals surface area contributed by atoms with Crippen molar-refractivity contribution < 1.29 is 31.1 Å². The van der Waals surface area contributed by atoms with Gasteiger partial charge >= 0.3 is 11.9 Å². The first-order valence-electron chi connectivity index (χ1n) is 2.15. The summed E-state index contributed by atoms with van der Waals surface area (Å²) in [4.78, 5) is 0. The average molecular weight is 230 g/mol. The van der Waals surface area contributed by atoms with E-state index in [2.05, 4.69) is 17.0 Å². The average Bonchev–Trinajstić information content (AvgIpc) is 1.49. The minimum Gasteiger partial charge on any atom is -0.388 e.